The van der Waals surface area contributed by atoms with Gasteiger partial charge in [0, 0.05) is 37.8 Å². The number of piperazine rings is 1. The van der Waals surface area contributed by atoms with Gasteiger partial charge in [0.05, 0.1) is 33.5 Å². The largest absolute Gasteiger partial charge is 0.323 e. The predicted molar refractivity (Wildman–Crippen MR) is 134 cm³/mol. The topological polar surface area (TPSA) is 91.3 Å². The van der Waals surface area contributed by atoms with E-state index in [1.165, 1.54) is 12.4 Å². The van der Waals surface area contributed by atoms with Crippen molar-refractivity contribution in [1.29, 1.82) is 0 Å². The van der Waals surface area contributed by atoms with E-state index in [1.807, 2.05) is 43.4 Å². The highest BCUT2D eigenvalue weighted by Crippen LogP contribution is 2.29. The summed E-state index contributed by atoms with van der Waals surface area (Å²) < 4.78 is 27.5. The van der Waals surface area contributed by atoms with Crippen molar-refractivity contribution in [1.82, 2.24) is 24.2 Å². The molecular formula is C24H23ClN6O2S. The van der Waals surface area contributed by atoms with E-state index < -0.39 is 10.0 Å². The van der Waals surface area contributed by atoms with Crippen LogP contribution in [0.4, 0.5) is 11.6 Å². The summed E-state index contributed by atoms with van der Waals surface area (Å²) in [6, 6.07) is 14.8. The molecule has 2 aromatic carbocycles. The Morgan fingerprint density at radius 2 is 1.56 bits per heavy atom. The van der Waals surface area contributed by atoms with Gasteiger partial charge < -0.3 is 10.2 Å². The van der Waals surface area contributed by atoms with Crippen molar-refractivity contribution in [3.63, 3.8) is 0 Å². The average molecular weight is 495 g/mol. The molecule has 0 aliphatic carbocycles. The highest BCUT2D eigenvalue weighted by molar-refractivity contribution is 7.89. The Balaban J connectivity index is 1.39. The van der Waals surface area contributed by atoms with Gasteiger partial charge in [-0.15, -0.1) is 0 Å². The second kappa shape index (κ2) is 9.27. The maximum absolute atomic E-state index is 13.0. The number of rotatable bonds is 5. The number of benzene rings is 2. The first kappa shape index (κ1) is 22.7. The summed E-state index contributed by atoms with van der Waals surface area (Å²) in [6.07, 6.45) is 4.79. The second-order valence-corrected chi connectivity index (χ2v) is 10.5. The number of aromatic nitrogens is 3. The van der Waals surface area contributed by atoms with Gasteiger partial charge in [-0.1, -0.05) is 35.9 Å². The van der Waals surface area contributed by atoms with E-state index >= 15 is 0 Å². The lowest BCUT2D eigenvalue weighted by Crippen LogP contribution is -2.46. The van der Waals surface area contributed by atoms with Gasteiger partial charge in [0.1, 0.15) is 0 Å². The Hall–Kier alpha value is -3.11. The lowest BCUT2D eigenvalue weighted by atomic mass is 10.0. The van der Waals surface area contributed by atoms with Crippen LogP contribution < -0.4 is 5.32 Å². The Labute approximate surface area is 203 Å². The molecular weight excluding hydrogens is 472 g/mol. The number of nitrogens with zero attached hydrogens (tertiary/aromatic N) is 5. The van der Waals surface area contributed by atoms with Gasteiger partial charge in [-0.05, 0) is 42.4 Å². The fourth-order valence-electron chi connectivity index (χ4n) is 3.93. The molecule has 0 radical (unpaired) electrons. The molecule has 174 valence electrons. The number of sulfonamides is 1. The molecule has 5 rings (SSSR count). The minimum absolute atomic E-state index is 0.314. The van der Waals surface area contributed by atoms with Gasteiger partial charge in [0.25, 0.3) is 0 Å². The van der Waals surface area contributed by atoms with Crippen molar-refractivity contribution in [3.05, 3.63) is 72.1 Å². The number of pyridine rings is 1. The van der Waals surface area contributed by atoms with Crippen molar-refractivity contribution >= 4 is 44.2 Å². The van der Waals surface area contributed by atoms with Gasteiger partial charge in [-0.2, -0.15) is 4.31 Å². The van der Waals surface area contributed by atoms with E-state index in [1.54, 1.807) is 22.6 Å². The third-order valence-electron chi connectivity index (χ3n) is 5.90. The summed E-state index contributed by atoms with van der Waals surface area (Å²) in [7, 11) is -1.49. The van der Waals surface area contributed by atoms with Gasteiger partial charge in [-0.25, -0.2) is 18.4 Å². The maximum atomic E-state index is 13.0. The molecule has 0 spiro atoms. The SMILES string of the molecule is CN1CCN(S(=O)(=O)c2ccc(-c3ccc4c(Nc5ncc(Cl)cn5)ccnc4c3)cc2)CC1. The number of halogens is 1. The maximum Gasteiger partial charge on any atom is 0.243 e. The molecule has 0 saturated carbocycles. The Morgan fingerprint density at radius 3 is 2.26 bits per heavy atom. The Morgan fingerprint density at radius 1 is 0.882 bits per heavy atom. The first-order valence-corrected chi connectivity index (χ1v) is 12.6. The van der Waals surface area contributed by atoms with Crippen LogP contribution in [0.5, 0.6) is 0 Å². The van der Waals surface area contributed by atoms with Crippen LogP contribution in [0.3, 0.4) is 0 Å². The van der Waals surface area contributed by atoms with E-state index in [-0.39, 0.29) is 0 Å². The summed E-state index contributed by atoms with van der Waals surface area (Å²) in [5.41, 5.74) is 3.49. The van der Waals surface area contributed by atoms with E-state index in [9.17, 15) is 8.42 Å². The molecule has 4 aromatic rings. The van der Waals surface area contributed by atoms with Crippen LogP contribution in [0, 0.1) is 0 Å². The third-order valence-corrected chi connectivity index (χ3v) is 8.01. The van der Waals surface area contributed by atoms with Gasteiger partial charge >= 0.3 is 0 Å². The van der Waals surface area contributed by atoms with Crippen LogP contribution in [0.2, 0.25) is 5.02 Å². The Bertz CT molecular complexity index is 1420. The van der Waals surface area contributed by atoms with Crippen molar-refractivity contribution in [3.8, 4) is 11.1 Å². The van der Waals surface area contributed by atoms with Crippen LogP contribution in [0.1, 0.15) is 0 Å². The molecule has 1 fully saturated rings. The highest BCUT2D eigenvalue weighted by Gasteiger charge is 2.27. The second-order valence-electron chi connectivity index (χ2n) is 8.17. The van der Waals surface area contributed by atoms with E-state index in [0.717, 1.165) is 40.8 Å². The number of hydrogen-bond donors (Lipinski definition) is 1. The molecule has 1 aliphatic rings. The monoisotopic (exact) mass is 494 g/mol. The fourth-order valence-corrected chi connectivity index (χ4v) is 5.45. The molecule has 34 heavy (non-hydrogen) atoms. The number of hydrogen-bond acceptors (Lipinski definition) is 7. The van der Waals surface area contributed by atoms with Crippen molar-refractivity contribution in [2.75, 3.05) is 38.5 Å². The van der Waals surface area contributed by atoms with E-state index in [2.05, 4.69) is 25.2 Å². The Kier molecular flexibility index (Phi) is 6.18. The standard InChI is InChI=1S/C24H23ClN6O2S/c1-30-10-12-31(13-11-30)34(32,33)20-5-2-17(3-6-20)18-4-7-21-22(8-9-26-23(21)14-18)29-24-27-15-19(25)16-28-24/h2-9,14-16H,10-13H2,1H3,(H,26,27,28,29). The molecule has 0 unspecified atom stereocenters. The van der Waals surface area contributed by atoms with Crippen molar-refractivity contribution in [2.24, 2.45) is 0 Å². The quantitative estimate of drug-likeness (QED) is 0.448. The van der Waals surface area contributed by atoms with Crippen LogP contribution in [0.25, 0.3) is 22.0 Å². The zero-order valence-electron chi connectivity index (χ0n) is 18.5. The number of fused-ring (bicyclic) bond motifs is 1. The van der Waals surface area contributed by atoms with Crippen molar-refractivity contribution in [2.45, 2.75) is 4.90 Å². The zero-order chi connectivity index (χ0) is 23.7. The fraction of sp³-hybridized carbons (Fsp3) is 0.208. The molecule has 1 aliphatic heterocycles. The van der Waals surface area contributed by atoms with Crippen LogP contribution in [-0.4, -0.2) is 65.8 Å². The normalized spacial score (nSPS) is 15.5. The lowest BCUT2D eigenvalue weighted by molar-refractivity contribution is 0.222. The predicted octanol–water partition coefficient (Wildman–Crippen LogP) is 4.02. The minimum atomic E-state index is -3.49. The van der Waals surface area contributed by atoms with Crippen LogP contribution in [-0.2, 0) is 10.0 Å². The summed E-state index contributed by atoms with van der Waals surface area (Å²) in [6.45, 7) is 2.49. The lowest BCUT2D eigenvalue weighted by Gasteiger charge is -2.31. The molecule has 0 amide bonds. The summed E-state index contributed by atoms with van der Waals surface area (Å²) in [5.74, 6) is 0.443. The molecule has 1 N–H and O–H groups in total. The number of nitrogens with one attached hydrogen (secondary N) is 1. The van der Waals surface area contributed by atoms with E-state index in [4.69, 9.17) is 11.6 Å². The third kappa shape index (κ3) is 4.60. The molecule has 3 heterocycles. The van der Waals surface area contributed by atoms with Gasteiger partial charge in [0.2, 0.25) is 16.0 Å². The smallest absolute Gasteiger partial charge is 0.243 e. The molecule has 8 nitrogen and oxygen atoms in total. The van der Waals surface area contributed by atoms with Gasteiger partial charge in [0.15, 0.2) is 0 Å². The summed E-state index contributed by atoms with van der Waals surface area (Å²) in [4.78, 5) is 15.3. The first-order valence-electron chi connectivity index (χ1n) is 10.8. The summed E-state index contributed by atoms with van der Waals surface area (Å²) in [5, 5.41) is 4.58. The molecule has 10 heteroatoms. The van der Waals surface area contributed by atoms with Crippen LogP contribution in [0.15, 0.2) is 72.0 Å². The van der Waals surface area contributed by atoms with Gasteiger partial charge in [-0.3, -0.25) is 4.98 Å². The first-order chi connectivity index (χ1) is 16.4. The average Bonchev–Trinajstić information content (AvgIpc) is 2.86. The molecule has 1 saturated heterocycles. The zero-order valence-corrected chi connectivity index (χ0v) is 20.1. The number of anilines is 2. The summed E-state index contributed by atoms with van der Waals surface area (Å²) >= 11 is 5.86. The molecule has 0 bridgehead atoms. The van der Waals surface area contributed by atoms with Crippen LogP contribution >= 0.6 is 11.6 Å². The van der Waals surface area contributed by atoms with Crippen molar-refractivity contribution < 1.29 is 8.42 Å². The molecule has 0 atom stereocenters. The van der Waals surface area contributed by atoms with E-state index in [0.29, 0.717) is 29.0 Å². The number of likely N-dealkylation sites (N-methyl/N-ethyl adjacent to an activating group) is 1. The minimum Gasteiger partial charge on any atom is -0.323 e. The highest BCUT2D eigenvalue weighted by atomic mass is 35.5. The molecule has 2 aromatic heterocycles.